The van der Waals surface area contributed by atoms with E-state index in [9.17, 15) is 0 Å². The summed E-state index contributed by atoms with van der Waals surface area (Å²) in [5.41, 5.74) is 0. The zero-order valence-electron chi connectivity index (χ0n) is 5.67. The van der Waals surface area contributed by atoms with Crippen LogP contribution < -0.4 is 0 Å². The van der Waals surface area contributed by atoms with E-state index in [0.29, 0.717) is 0 Å². The van der Waals surface area contributed by atoms with Crippen LogP contribution in [0.3, 0.4) is 0 Å². The fraction of sp³-hybridized carbons (Fsp3) is 1.00. The van der Waals surface area contributed by atoms with Gasteiger partial charge < -0.3 is 4.74 Å². The smallest absolute Gasteiger partial charge is 0.0588 e. The second kappa shape index (κ2) is 2.17. The van der Waals surface area contributed by atoms with Crippen LogP contribution in [0.4, 0.5) is 0 Å². The molecular weight excluding hydrogens is 132 g/mol. The topological polar surface area (TPSA) is 9.23 Å². The summed E-state index contributed by atoms with van der Waals surface area (Å²) < 4.78 is 5.36. The van der Waals surface area contributed by atoms with Crippen molar-refractivity contribution in [3.63, 3.8) is 0 Å². The Bertz CT molecular complexity index is 115. The molecule has 52 valence electrons. The lowest BCUT2D eigenvalue weighted by atomic mass is 9.96. The lowest BCUT2D eigenvalue weighted by Crippen LogP contribution is -2.13. The Kier molecular flexibility index (Phi) is 1.46. The largest absolute Gasteiger partial charge is 0.380 e. The molecule has 3 atom stereocenters. The van der Waals surface area contributed by atoms with Gasteiger partial charge in [0.2, 0.25) is 0 Å². The third kappa shape index (κ3) is 0.887. The van der Waals surface area contributed by atoms with E-state index in [0.717, 1.165) is 30.3 Å². The Labute approximate surface area is 60.2 Å². The predicted octanol–water partition coefficient (Wildman–Crippen LogP) is 1.38. The Balaban J connectivity index is 2.07. The third-order valence-corrected chi connectivity index (χ3v) is 4.01. The summed E-state index contributed by atoms with van der Waals surface area (Å²) in [6, 6.07) is 0. The number of hydrogen-bond donors (Lipinski definition) is 0. The maximum Gasteiger partial charge on any atom is 0.0588 e. The second-order valence-corrected chi connectivity index (χ2v) is 4.32. The van der Waals surface area contributed by atoms with Gasteiger partial charge in [0, 0.05) is 5.25 Å². The van der Waals surface area contributed by atoms with Crippen LogP contribution in [0.2, 0.25) is 0 Å². The maximum absolute atomic E-state index is 5.36. The molecule has 2 rings (SSSR count). The average Bonchev–Trinajstić information content (AvgIpc) is 2.35. The molecule has 0 spiro atoms. The first-order chi connectivity index (χ1) is 4.38. The Morgan fingerprint density at radius 3 is 3.11 bits per heavy atom. The van der Waals surface area contributed by atoms with E-state index in [1.54, 1.807) is 0 Å². The number of thioether (sulfide) groups is 1. The van der Waals surface area contributed by atoms with Crippen molar-refractivity contribution in [3.05, 3.63) is 0 Å². The van der Waals surface area contributed by atoms with Gasteiger partial charge in [0.1, 0.15) is 0 Å². The summed E-state index contributed by atoms with van der Waals surface area (Å²) in [6.45, 7) is 4.38. The van der Waals surface area contributed by atoms with Gasteiger partial charge in [-0.25, -0.2) is 0 Å². The molecular formula is C7H12OS. The first kappa shape index (κ1) is 6.05. The van der Waals surface area contributed by atoms with Crippen molar-refractivity contribution in [2.24, 2.45) is 11.8 Å². The zero-order valence-corrected chi connectivity index (χ0v) is 6.49. The first-order valence-corrected chi connectivity index (χ1v) is 4.62. The van der Waals surface area contributed by atoms with Crippen molar-refractivity contribution in [1.82, 2.24) is 0 Å². The summed E-state index contributed by atoms with van der Waals surface area (Å²) in [7, 11) is 0. The van der Waals surface area contributed by atoms with Crippen molar-refractivity contribution in [2.45, 2.75) is 12.2 Å². The fourth-order valence-electron chi connectivity index (χ4n) is 1.65. The molecule has 2 aliphatic heterocycles. The standard InChI is InChI=1S/C7H12OS/c1-5-4-9-7-3-8-2-6(5)7/h5-7H,2-4H2,1H3. The fourth-order valence-corrected chi connectivity index (χ4v) is 3.24. The molecule has 0 aromatic rings. The Morgan fingerprint density at radius 2 is 2.33 bits per heavy atom. The van der Waals surface area contributed by atoms with Crippen LogP contribution in [0.5, 0.6) is 0 Å². The molecule has 1 nitrogen and oxygen atoms in total. The SMILES string of the molecule is CC1CSC2COCC12. The van der Waals surface area contributed by atoms with E-state index in [1.807, 2.05) is 0 Å². The molecule has 2 heteroatoms. The van der Waals surface area contributed by atoms with Crippen molar-refractivity contribution >= 4 is 11.8 Å². The summed E-state index contributed by atoms with van der Waals surface area (Å²) in [5.74, 6) is 3.15. The van der Waals surface area contributed by atoms with E-state index in [2.05, 4.69) is 18.7 Å². The van der Waals surface area contributed by atoms with Crippen LogP contribution >= 0.6 is 11.8 Å². The lowest BCUT2D eigenvalue weighted by molar-refractivity contribution is 0.176. The third-order valence-electron chi connectivity index (χ3n) is 2.37. The monoisotopic (exact) mass is 144 g/mol. The predicted molar refractivity (Wildman–Crippen MR) is 39.7 cm³/mol. The highest BCUT2D eigenvalue weighted by Gasteiger charge is 2.38. The van der Waals surface area contributed by atoms with Gasteiger partial charge in [0.15, 0.2) is 0 Å². The van der Waals surface area contributed by atoms with Gasteiger partial charge in [-0.3, -0.25) is 0 Å². The number of hydrogen-bond acceptors (Lipinski definition) is 2. The summed E-state index contributed by atoms with van der Waals surface area (Å²) in [4.78, 5) is 0. The minimum Gasteiger partial charge on any atom is -0.380 e. The van der Waals surface area contributed by atoms with Crippen molar-refractivity contribution in [2.75, 3.05) is 19.0 Å². The van der Waals surface area contributed by atoms with Crippen LogP contribution in [0.1, 0.15) is 6.92 Å². The summed E-state index contributed by atoms with van der Waals surface area (Å²) in [6.07, 6.45) is 0. The molecule has 0 bridgehead atoms. The molecule has 3 unspecified atom stereocenters. The van der Waals surface area contributed by atoms with Crippen LogP contribution in [0, 0.1) is 11.8 Å². The lowest BCUT2D eigenvalue weighted by Gasteiger charge is -2.08. The van der Waals surface area contributed by atoms with Crippen LogP contribution in [-0.4, -0.2) is 24.2 Å². The van der Waals surface area contributed by atoms with Gasteiger partial charge in [-0.1, -0.05) is 6.92 Å². The molecule has 2 heterocycles. The molecule has 2 fully saturated rings. The van der Waals surface area contributed by atoms with Gasteiger partial charge in [-0.05, 0) is 17.6 Å². The van der Waals surface area contributed by atoms with E-state index in [1.165, 1.54) is 5.75 Å². The number of fused-ring (bicyclic) bond motifs is 1. The molecule has 9 heavy (non-hydrogen) atoms. The normalized spacial score (nSPS) is 49.7. The minimum atomic E-state index is 0.847. The number of rotatable bonds is 0. The van der Waals surface area contributed by atoms with Crippen LogP contribution in [0.25, 0.3) is 0 Å². The van der Waals surface area contributed by atoms with Gasteiger partial charge in [-0.2, -0.15) is 11.8 Å². The highest BCUT2D eigenvalue weighted by Crippen LogP contribution is 2.40. The highest BCUT2D eigenvalue weighted by molar-refractivity contribution is 8.00. The van der Waals surface area contributed by atoms with Gasteiger partial charge in [0.05, 0.1) is 13.2 Å². The Hall–Kier alpha value is 0.310. The molecule has 2 saturated heterocycles. The van der Waals surface area contributed by atoms with Gasteiger partial charge >= 0.3 is 0 Å². The van der Waals surface area contributed by atoms with E-state index in [-0.39, 0.29) is 0 Å². The zero-order chi connectivity index (χ0) is 6.27. The van der Waals surface area contributed by atoms with Crippen LogP contribution in [0.15, 0.2) is 0 Å². The van der Waals surface area contributed by atoms with E-state index < -0.39 is 0 Å². The van der Waals surface area contributed by atoms with Gasteiger partial charge in [0.25, 0.3) is 0 Å². The molecule has 0 aliphatic carbocycles. The second-order valence-electron chi connectivity index (χ2n) is 3.05. The van der Waals surface area contributed by atoms with Crippen molar-refractivity contribution in [1.29, 1.82) is 0 Å². The molecule has 2 aliphatic rings. The maximum atomic E-state index is 5.36. The average molecular weight is 144 g/mol. The molecule has 0 aromatic heterocycles. The molecule has 0 N–H and O–H groups in total. The molecule has 0 aromatic carbocycles. The van der Waals surface area contributed by atoms with Crippen molar-refractivity contribution < 1.29 is 4.74 Å². The number of ether oxygens (including phenoxy) is 1. The van der Waals surface area contributed by atoms with E-state index >= 15 is 0 Å². The van der Waals surface area contributed by atoms with Crippen LogP contribution in [-0.2, 0) is 4.74 Å². The molecule has 0 saturated carbocycles. The minimum absolute atomic E-state index is 0.847. The quantitative estimate of drug-likeness (QED) is 0.508. The molecule has 0 radical (unpaired) electrons. The first-order valence-electron chi connectivity index (χ1n) is 3.57. The Morgan fingerprint density at radius 1 is 1.44 bits per heavy atom. The summed E-state index contributed by atoms with van der Waals surface area (Å²) >= 11 is 2.10. The van der Waals surface area contributed by atoms with E-state index in [4.69, 9.17) is 4.74 Å². The van der Waals surface area contributed by atoms with Crippen molar-refractivity contribution in [3.8, 4) is 0 Å². The highest BCUT2D eigenvalue weighted by atomic mass is 32.2. The molecule has 0 amide bonds. The summed E-state index contributed by atoms with van der Waals surface area (Å²) in [5, 5.41) is 0.847. The van der Waals surface area contributed by atoms with Gasteiger partial charge in [-0.15, -0.1) is 0 Å².